The molecule has 268 valence electrons. The van der Waals surface area contributed by atoms with Gasteiger partial charge in [-0.3, -0.25) is 14.9 Å². The highest BCUT2D eigenvalue weighted by molar-refractivity contribution is 6.31. The number of hydrogen-bond acceptors (Lipinski definition) is 5. The molecule has 0 spiro atoms. The zero-order valence-electron chi connectivity index (χ0n) is 29.5. The standard InChI is InChI=1S/C40H57Cl2N5O2/c1-2-3-4-5-6-7-8-9-10-11-12-13-14-15-16-17-26-45(29-24-43-37-22-27-46(48)39-31-33(41)18-20-35(37)39)30-25-44-38-23-28-47(49)40-32-34(42)19-21-36(38)40/h18-23,27-28,31-32,48-49H,2-17,24-26,29-30H2,1H3. The molecule has 0 radical (unpaired) electrons. The molecule has 2 aromatic carbocycles. The number of rotatable bonds is 23. The van der Waals surface area contributed by atoms with Gasteiger partial charge in [0.1, 0.15) is 0 Å². The maximum absolute atomic E-state index is 10.3. The molecule has 0 fully saturated rings. The molecule has 0 unspecified atom stereocenters. The molecule has 2 heterocycles. The van der Waals surface area contributed by atoms with E-state index >= 15 is 0 Å². The molecule has 0 aliphatic rings. The van der Waals surface area contributed by atoms with Gasteiger partial charge in [-0.1, -0.05) is 126 Å². The molecule has 0 bridgehead atoms. The summed E-state index contributed by atoms with van der Waals surface area (Å²) in [6.07, 6.45) is 25.0. The SMILES string of the molecule is CCCCCCCCCCCCCCCCCCN(CCN=c1ccn(O)c2cc(Cl)ccc12)CCN=c1ccn(O)c2cc(Cl)ccc12. The van der Waals surface area contributed by atoms with Crippen molar-refractivity contribution in [3.05, 3.63) is 81.7 Å². The Labute approximate surface area is 302 Å². The molecule has 0 amide bonds. The summed E-state index contributed by atoms with van der Waals surface area (Å²) in [6.45, 7) is 6.21. The number of fused-ring (bicyclic) bond motifs is 2. The first-order valence-electron chi connectivity index (χ1n) is 18.7. The third-order valence-electron chi connectivity index (χ3n) is 9.44. The normalized spacial score (nSPS) is 12.7. The minimum Gasteiger partial charge on any atom is -0.428 e. The number of halogens is 2. The quantitative estimate of drug-likeness (QED) is 0.0594. The van der Waals surface area contributed by atoms with Gasteiger partial charge in [-0.05, 0) is 61.5 Å². The summed E-state index contributed by atoms with van der Waals surface area (Å²) >= 11 is 12.4. The first-order chi connectivity index (χ1) is 24.0. The van der Waals surface area contributed by atoms with Crippen molar-refractivity contribution < 1.29 is 10.4 Å². The van der Waals surface area contributed by atoms with E-state index in [1.54, 1.807) is 24.5 Å². The van der Waals surface area contributed by atoms with E-state index in [9.17, 15) is 10.4 Å². The third-order valence-corrected chi connectivity index (χ3v) is 9.91. The fourth-order valence-electron chi connectivity index (χ4n) is 6.56. The maximum Gasteiger partial charge on any atom is 0.0901 e. The lowest BCUT2D eigenvalue weighted by Gasteiger charge is -2.20. The topological polar surface area (TPSA) is 78.3 Å². The van der Waals surface area contributed by atoms with Crippen LogP contribution in [0.2, 0.25) is 10.0 Å². The van der Waals surface area contributed by atoms with Crippen molar-refractivity contribution in [2.75, 3.05) is 32.7 Å². The van der Waals surface area contributed by atoms with Crippen LogP contribution in [0.4, 0.5) is 0 Å². The Hall–Kier alpha value is -3.00. The molecular formula is C40H57Cl2N5O2. The zero-order chi connectivity index (χ0) is 34.7. The van der Waals surface area contributed by atoms with Gasteiger partial charge in [0.25, 0.3) is 0 Å². The Kier molecular flexibility index (Phi) is 17.4. The zero-order valence-corrected chi connectivity index (χ0v) is 31.0. The van der Waals surface area contributed by atoms with Crippen LogP contribution in [0.25, 0.3) is 21.8 Å². The van der Waals surface area contributed by atoms with Crippen LogP contribution in [0.5, 0.6) is 0 Å². The number of unbranched alkanes of at least 4 members (excludes halogenated alkanes) is 15. The Balaban J connectivity index is 1.25. The Morgan fingerprint density at radius 1 is 0.531 bits per heavy atom. The highest BCUT2D eigenvalue weighted by Gasteiger charge is 2.07. The van der Waals surface area contributed by atoms with Gasteiger partial charge in [-0.15, -0.1) is 0 Å². The highest BCUT2D eigenvalue weighted by atomic mass is 35.5. The van der Waals surface area contributed by atoms with Crippen molar-refractivity contribution in [2.45, 2.75) is 110 Å². The molecule has 49 heavy (non-hydrogen) atoms. The number of benzene rings is 2. The predicted octanol–water partition coefficient (Wildman–Crippen LogP) is 10.4. The van der Waals surface area contributed by atoms with Gasteiger partial charge in [0.05, 0.1) is 34.8 Å². The minimum absolute atomic E-state index is 0.573. The van der Waals surface area contributed by atoms with Crippen LogP contribution in [0.3, 0.4) is 0 Å². The van der Waals surface area contributed by atoms with Crippen LogP contribution < -0.4 is 10.7 Å². The van der Waals surface area contributed by atoms with E-state index in [0.29, 0.717) is 34.2 Å². The Morgan fingerprint density at radius 2 is 0.918 bits per heavy atom. The molecule has 7 nitrogen and oxygen atoms in total. The predicted molar refractivity (Wildman–Crippen MR) is 205 cm³/mol. The molecular weight excluding hydrogens is 653 g/mol. The van der Waals surface area contributed by atoms with Crippen molar-refractivity contribution in [3.8, 4) is 0 Å². The number of aromatic nitrogens is 2. The van der Waals surface area contributed by atoms with E-state index in [0.717, 1.165) is 57.0 Å². The van der Waals surface area contributed by atoms with Crippen LogP contribution in [-0.2, 0) is 0 Å². The van der Waals surface area contributed by atoms with Gasteiger partial charge in [0.15, 0.2) is 0 Å². The molecule has 0 saturated heterocycles. The summed E-state index contributed by atoms with van der Waals surface area (Å²) in [7, 11) is 0. The lowest BCUT2D eigenvalue weighted by molar-refractivity contribution is 0.197. The van der Waals surface area contributed by atoms with E-state index in [1.807, 2.05) is 36.4 Å². The second-order valence-corrected chi connectivity index (χ2v) is 14.2. The fraction of sp³-hybridized carbons (Fsp3) is 0.550. The maximum atomic E-state index is 10.3. The van der Waals surface area contributed by atoms with Gasteiger partial charge in [-0.25, -0.2) is 0 Å². The van der Waals surface area contributed by atoms with Crippen LogP contribution in [-0.4, -0.2) is 57.5 Å². The van der Waals surface area contributed by atoms with Crippen LogP contribution in [0.15, 0.2) is 70.9 Å². The molecule has 0 atom stereocenters. The summed E-state index contributed by atoms with van der Waals surface area (Å²) in [5.74, 6) is 0. The minimum atomic E-state index is 0.573. The smallest absolute Gasteiger partial charge is 0.0901 e. The van der Waals surface area contributed by atoms with Gasteiger partial charge in [-0.2, -0.15) is 9.46 Å². The third kappa shape index (κ3) is 13.3. The highest BCUT2D eigenvalue weighted by Crippen LogP contribution is 2.18. The average molecular weight is 711 g/mol. The van der Waals surface area contributed by atoms with Gasteiger partial charge >= 0.3 is 0 Å². The summed E-state index contributed by atoms with van der Waals surface area (Å²) in [4.78, 5) is 12.3. The van der Waals surface area contributed by atoms with E-state index in [1.165, 1.54) is 96.3 Å². The molecule has 4 aromatic rings. The lowest BCUT2D eigenvalue weighted by atomic mass is 10.0. The number of hydrogen-bond donors (Lipinski definition) is 2. The van der Waals surface area contributed by atoms with Gasteiger partial charge in [0, 0.05) is 46.3 Å². The first kappa shape index (κ1) is 38.8. The molecule has 2 N–H and O–H groups in total. The Morgan fingerprint density at radius 3 is 1.33 bits per heavy atom. The van der Waals surface area contributed by atoms with Crippen molar-refractivity contribution in [3.63, 3.8) is 0 Å². The van der Waals surface area contributed by atoms with Crippen LogP contribution in [0, 0.1) is 0 Å². The van der Waals surface area contributed by atoms with Gasteiger partial charge < -0.3 is 10.4 Å². The lowest BCUT2D eigenvalue weighted by Crippen LogP contribution is -2.31. The number of nitrogens with zero attached hydrogens (tertiary/aromatic N) is 5. The van der Waals surface area contributed by atoms with E-state index in [4.69, 9.17) is 33.2 Å². The molecule has 2 aromatic heterocycles. The molecule has 0 aliphatic heterocycles. The van der Waals surface area contributed by atoms with E-state index in [-0.39, 0.29) is 0 Å². The molecule has 9 heteroatoms. The van der Waals surface area contributed by atoms with E-state index in [2.05, 4.69) is 11.8 Å². The first-order valence-corrected chi connectivity index (χ1v) is 19.5. The van der Waals surface area contributed by atoms with E-state index < -0.39 is 0 Å². The van der Waals surface area contributed by atoms with Crippen LogP contribution in [0.1, 0.15) is 110 Å². The Bertz CT molecular complexity index is 1590. The molecule has 4 rings (SSSR count). The summed E-state index contributed by atoms with van der Waals surface area (Å²) in [6, 6.07) is 14.6. The summed E-state index contributed by atoms with van der Waals surface area (Å²) < 4.78 is 2.18. The second-order valence-electron chi connectivity index (χ2n) is 13.3. The van der Waals surface area contributed by atoms with Crippen molar-refractivity contribution in [1.29, 1.82) is 0 Å². The number of pyridine rings is 2. The average Bonchev–Trinajstić information content (AvgIpc) is 3.10. The monoisotopic (exact) mass is 709 g/mol. The van der Waals surface area contributed by atoms with Crippen molar-refractivity contribution >= 4 is 45.0 Å². The molecule has 0 saturated carbocycles. The fourth-order valence-corrected chi connectivity index (χ4v) is 6.90. The van der Waals surface area contributed by atoms with Gasteiger partial charge in [0.2, 0.25) is 0 Å². The van der Waals surface area contributed by atoms with Crippen LogP contribution >= 0.6 is 23.2 Å². The second kappa shape index (κ2) is 22.0. The summed E-state index contributed by atoms with van der Waals surface area (Å²) in [5, 5.41) is 25.1. The molecule has 0 aliphatic carbocycles. The largest absolute Gasteiger partial charge is 0.428 e. The van der Waals surface area contributed by atoms with Crippen molar-refractivity contribution in [2.24, 2.45) is 9.98 Å². The van der Waals surface area contributed by atoms with Crippen molar-refractivity contribution in [1.82, 2.24) is 14.4 Å². The summed E-state index contributed by atoms with van der Waals surface area (Å²) in [5.41, 5.74) is 1.27.